The van der Waals surface area contributed by atoms with Crippen LogP contribution in [-0.4, -0.2) is 18.2 Å². The molecule has 1 saturated heterocycles. The Hall–Kier alpha value is -0.800. The maximum absolute atomic E-state index is 6.15. The third-order valence-corrected chi connectivity index (χ3v) is 4.71. The molecule has 2 fully saturated rings. The lowest BCUT2D eigenvalue weighted by molar-refractivity contribution is -0.110. The van der Waals surface area contributed by atoms with Gasteiger partial charge in [0.1, 0.15) is 5.76 Å². The number of furan rings is 1. The van der Waals surface area contributed by atoms with Crippen molar-refractivity contribution in [3.05, 3.63) is 24.2 Å². The molecule has 0 bridgehead atoms. The van der Waals surface area contributed by atoms with Gasteiger partial charge in [-0.1, -0.05) is 19.3 Å². The van der Waals surface area contributed by atoms with Crippen molar-refractivity contribution in [3.8, 4) is 0 Å². The van der Waals surface area contributed by atoms with Gasteiger partial charge in [0, 0.05) is 12.6 Å². The molecule has 0 amide bonds. The molecular formula is C16H25NO2. The fourth-order valence-electron chi connectivity index (χ4n) is 3.69. The Kier molecular flexibility index (Phi) is 3.94. The summed E-state index contributed by atoms with van der Waals surface area (Å²) < 4.78 is 11.6. The van der Waals surface area contributed by atoms with E-state index in [2.05, 4.69) is 12.2 Å². The SMILES string of the molecule is C[C@H](NC1CCOC2(CCCCC2)C1)c1ccco1. The van der Waals surface area contributed by atoms with Crippen LogP contribution in [0, 0.1) is 0 Å². The predicted octanol–water partition coefficient (Wildman–Crippen LogP) is 3.81. The number of hydrogen-bond donors (Lipinski definition) is 1. The van der Waals surface area contributed by atoms with Crippen molar-refractivity contribution < 1.29 is 9.15 Å². The molecule has 1 aromatic rings. The molecule has 1 saturated carbocycles. The molecule has 1 N–H and O–H groups in total. The summed E-state index contributed by atoms with van der Waals surface area (Å²) in [7, 11) is 0. The Labute approximate surface area is 115 Å². The highest BCUT2D eigenvalue weighted by Crippen LogP contribution is 2.38. The van der Waals surface area contributed by atoms with Gasteiger partial charge in [0.05, 0.1) is 17.9 Å². The first kappa shape index (κ1) is 13.2. The predicted molar refractivity (Wildman–Crippen MR) is 75.0 cm³/mol. The Morgan fingerprint density at radius 2 is 2.16 bits per heavy atom. The molecule has 3 nitrogen and oxygen atoms in total. The fourth-order valence-corrected chi connectivity index (χ4v) is 3.69. The van der Waals surface area contributed by atoms with Gasteiger partial charge in [0.2, 0.25) is 0 Å². The van der Waals surface area contributed by atoms with Crippen LogP contribution in [-0.2, 0) is 4.74 Å². The minimum absolute atomic E-state index is 0.178. The van der Waals surface area contributed by atoms with Crippen LogP contribution >= 0.6 is 0 Å². The summed E-state index contributed by atoms with van der Waals surface area (Å²) in [5.41, 5.74) is 0.178. The van der Waals surface area contributed by atoms with Crippen molar-refractivity contribution in [1.29, 1.82) is 0 Å². The summed E-state index contributed by atoms with van der Waals surface area (Å²) in [6.07, 6.45) is 10.6. The first-order valence-electron chi connectivity index (χ1n) is 7.71. The third-order valence-electron chi connectivity index (χ3n) is 4.71. The van der Waals surface area contributed by atoms with Crippen molar-refractivity contribution >= 4 is 0 Å². The second-order valence-corrected chi connectivity index (χ2v) is 6.19. The van der Waals surface area contributed by atoms with Crippen molar-refractivity contribution in [2.75, 3.05) is 6.61 Å². The van der Waals surface area contributed by atoms with E-state index >= 15 is 0 Å². The van der Waals surface area contributed by atoms with Crippen LogP contribution in [0.15, 0.2) is 22.8 Å². The Bertz CT molecular complexity index is 376. The molecule has 1 unspecified atom stereocenters. The van der Waals surface area contributed by atoms with E-state index in [0.29, 0.717) is 12.1 Å². The molecule has 2 atom stereocenters. The molecule has 1 aromatic heterocycles. The highest BCUT2D eigenvalue weighted by atomic mass is 16.5. The largest absolute Gasteiger partial charge is 0.468 e. The van der Waals surface area contributed by atoms with E-state index in [1.54, 1.807) is 6.26 Å². The van der Waals surface area contributed by atoms with Crippen LogP contribution in [0.3, 0.4) is 0 Å². The summed E-state index contributed by atoms with van der Waals surface area (Å²) in [4.78, 5) is 0. The molecule has 1 aliphatic carbocycles. The second-order valence-electron chi connectivity index (χ2n) is 6.19. The monoisotopic (exact) mass is 263 g/mol. The zero-order valence-electron chi connectivity index (χ0n) is 11.9. The van der Waals surface area contributed by atoms with E-state index in [0.717, 1.165) is 25.2 Å². The van der Waals surface area contributed by atoms with Crippen LogP contribution in [0.2, 0.25) is 0 Å². The van der Waals surface area contributed by atoms with Gasteiger partial charge in [-0.15, -0.1) is 0 Å². The molecule has 3 heteroatoms. The number of ether oxygens (including phenoxy) is 1. The normalized spacial score (nSPS) is 28.4. The lowest BCUT2D eigenvalue weighted by Gasteiger charge is -2.44. The number of hydrogen-bond acceptors (Lipinski definition) is 3. The molecule has 3 rings (SSSR count). The van der Waals surface area contributed by atoms with Crippen molar-refractivity contribution in [3.63, 3.8) is 0 Å². The van der Waals surface area contributed by atoms with E-state index in [9.17, 15) is 0 Å². The molecule has 0 aromatic carbocycles. The number of nitrogens with one attached hydrogen (secondary N) is 1. The van der Waals surface area contributed by atoms with Gasteiger partial charge in [-0.3, -0.25) is 0 Å². The van der Waals surface area contributed by atoms with Gasteiger partial charge in [0.15, 0.2) is 0 Å². The topological polar surface area (TPSA) is 34.4 Å². The smallest absolute Gasteiger partial charge is 0.120 e. The minimum atomic E-state index is 0.178. The summed E-state index contributed by atoms with van der Waals surface area (Å²) in [6.45, 7) is 3.09. The van der Waals surface area contributed by atoms with Gasteiger partial charge in [-0.2, -0.15) is 0 Å². The first-order chi connectivity index (χ1) is 9.27. The summed E-state index contributed by atoms with van der Waals surface area (Å²) in [5.74, 6) is 1.03. The average molecular weight is 263 g/mol. The highest BCUT2D eigenvalue weighted by molar-refractivity contribution is 5.04. The highest BCUT2D eigenvalue weighted by Gasteiger charge is 2.38. The summed E-state index contributed by atoms with van der Waals surface area (Å²) >= 11 is 0. The van der Waals surface area contributed by atoms with Gasteiger partial charge >= 0.3 is 0 Å². The van der Waals surface area contributed by atoms with Crippen LogP contribution < -0.4 is 5.32 Å². The third kappa shape index (κ3) is 3.03. The van der Waals surface area contributed by atoms with Crippen LogP contribution in [0.5, 0.6) is 0 Å². The van der Waals surface area contributed by atoms with E-state index in [1.807, 2.05) is 12.1 Å². The summed E-state index contributed by atoms with van der Waals surface area (Å²) in [5, 5.41) is 3.72. The van der Waals surface area contributed by atoms with Crippen molar-refractivity contribution in [1.82, 2.24) is 5.32 Å². The molecule has 1 spiro atoms. The van der Waals surface area contributed by atoms with Crippen molar-refractivity contribution in [2.45, 2.75) is 69.6 Å². The van der Waals surface area contributed by atoms with Crippen LogP contribution in [0.25, 0.3) is 0 Å². The number of rotatable bonds is 3. The van der Waals surface area contributed by atoms with Crippen LogP contribution in [0.1, 0.15) is 63.7 Å². The van der Waals surface area contributed by atoms with E-state index < -0.39 is 0 Å². The molecule has 0 radical (unpaired) electrons. The standard InChI is InChI=1S/C16H25NO2/c1-13(15-6-5-10-18-15)17-14-7-11-19-16(12-14)8-3-2-4-9-16/h5-6,10,13-14,17H,2-4,7-9,11-12H2,1H3/t13-,14?/m0/s1. The molecule has 2 heterocycles. The molecule has 1 aliphatic heterocycles. The first-order valence-corrected chi connectivity index (χ1v) is 7.71. The molecule has 2 aliphatic rings. The van der Waals surface area contributed by atoms with Gasteiger partial charge in [0.25, 0.3) is 0 Å². The van der Waals surface area contributed by atoms with E-state index in [1.165, 1.54) is 32.1 Å². The summed E-state index contributed by atoms with van der Waals surface area (Å²) in [6, 6.07) is 4.86. The lowest BCUT2D eigenvalue weighted by Crippen LogP contribution is -2.48. The second kappa shape index (κ2) is 5.68. The Balaban J connectivity index is 1.59. The quantitative estimate of drug-likeness (QED) is 0.900. The molecular weight excluding hydrogens is 238 g/mol. The van der Waals surface area contributed by atoms with E-state index in [-0.39, 0.29) is 5.60 Å². The maximum atomic E-state index is 6.15. The van der Waals surface area contributed by atoms with Gasteiger partial charge in [-0.25, -0.2) is 0 Å². The van der Waals surface area contributed by atoms with Gasteiger partial charge in [-0.05, 0) is 44.7 Å². The van der Waals surface area contributed by atoms with E-state index in [4.69, 9.17) is 9.15 Å². The molecule has 19 heavy (non-hydrogen) atoms. The fraction of sp³-hybridized carbons (Fsp3) is 0.750. The average Bonchev–Trinajstić information content (AvgIpc) is 2.93. The Morgan fingerprint density at radius 3 is 2.89 bits per heavy atom. The minimum Gasteiger partial charge on any atom is -0.468 e. The zero-order valence-corrected chi connectivity index (χ0v) is 11.9. The van der Waals surface area contributed by atoms with Crippen LogP contribution in [0.4, 0.5) is 0 Å². The molecule has 106 valence electrons. The Morgan fingerprint density at radius 1 is 1.32 bits per heavy atom. The maximum Gasteiger partial charge on any atom is 0.120 e. The van der Waals surface area contributed by atoms with Gasteiger partial charge < -0.3 is 14.5 Å². The lowest BCUT2D eigenvalue weighted by atomic mass is 9.78. The zero-order chi connectivity index (χ0) is 13.1. The van der Waals surface area contributed by atoms with Crippen molar-refractivity contribution in [2.24, 2.45) is 0 Å².